The van der Waals surface area contributed by atoms with Crippen LogP contribution in [0.4, 0.5) is 16.2 Å². The van der Waals surface area contributed by atoms with E-state index < -0.39 is 5.60 Å². The molecule has 1 saturated carbocycles. The summed E-state index contributed by atoms with van der Waals surface area (Å²) in [6.45, 7) is 7.02. The Bertz CT molecular complexity index is 995. The molecule has 1 saturated heterocycles. The molecule has 8 nitrogen and oxygen atoms in total. The number of halogens is 1. The van der Waals surface area contributed by atoms with Gasteiger partial charge in [-0.2, -0.15) is 0 Å². The zero-order valence-corrected chi connectivity index (χ0v) is 19.3. The number of nitrogens with zero attached hydrogens (tertiary/aromatic N) is 3. The molecule has 9 heteroatoms. The smallest absolute Gasteiger partial charge is 0.410 e. The van der Waals surface area contributed by atoms with Gasteiger partial charge in [0.15, 0.2) is 0 Å². The third-order valence-corrected chi connectivity index (χ3v) is 6.05. The van der Waals surface area contributed by atoms with Crippen molar-refractivity contribution in [3.05, 3.63) is 17.4 Å². The second kappa shape index (κ2) is 8.22. The van der Waals surface area contributed by atoms with Crippen molar-refractivity contribution in [2.75, 3.05) is 30.4 Å². The topological polar surface area (TPSA) is 90.6 Å². The third-order valence-electron chi connectivity index (χ3n) is 5.78. The number of H-pyrrole nitrogens is 1. The monoisotopic (exact) mass is 447 g/mol. The van der Waals surface area contributed by atoms with Crippen molar-refractivity contribution in [3.63, 3.8) is 0 Å². The molecule has 0 spiro atoms. The first-order valence-corrected chi connectivity index (χ1v) is 11.2. The van der Waals surface area contributed by atoms with Gasteiger partial charge in [-0.15, -0.1) is 0 Å². The average molecular weight is 448 g/mol. The number of hydrogen-bond acceptors (Lipinski definition) is 5. The molecule has 3 heterocycles. The van der Waals surface area contributed by atoms with Crippen LogP contribution in [0.25, 0.3) is 11.0 Å². The number of hydrogen-bond donors (Lipinski definition) is 2. The highest BCUT2D eigenvalue weighted by Gasteiger charge is 2.33. The number of carbonyl (C=O) groups excluding carboxylic acids is 2. The number of pyridine rings is 1. The first-order chi connectivity index (χ1) is 14.6. The Balaban J connectivity index is 1.60. The maximum absolute atomic E-state index is 12.6. The molecule has 4 rings (SSSR count). The molecular formula is C22H30ClN5O3. The van der Waals surface area contributed by atoms with Crippen molar-refractivity contribution in [2.24, 2.45) is 5.92 Å². The fourth-order valence-electron chi connectivity index (χ4n) is 4.00. The summed E-state index contributed by atoms with van der Waals surface area (Å²) in [6.07, 6.45) is 6.73. The van der Waals surface area contributed by atoms with E-state index in [1.807, 2.05) is 20.8 Å². The van der Waals surface area contributed by atoms with Crippen LogP contribution < -0.4 is 10.2 Å². The van der Waals surface area contributed by atoms with E-state index in [0.717, 1.165) is 43.3 Å². The number of aromatic nitrogens is 2. The molecular weight excluding hydrogens is 418 g/mol. The van der Waals surface area contributed by atoms with Crippen LogP contribution in [0.1, 0.15) is 46.5 Å². The van der Waals surface area contributed by atoms with Crippen molar-refractivity contribution in [2.45, 2.75) is 58.1 Å². The molecule has 168 valence electrons. The van der Waals surface area contributed by atoms with Gasteiger partial charge >= 0.3 is 6.09 Å². The molecule has 0 aromatic carbocycles. The maximum atomic E-state index is 12.6. The standard InChI is InChI=1S/C22H30ClN5O3/c1-22(2,3)31-21(30)27(4)14-6-5-9-28(12-14)18-15(23)10-24-19-17(18)16(11-25-19)26-20(29)13-7-8-13/h10-11,13-14H,5-9,12H2,1-4H3,(H,24,25)(H,26,29). The van der Waals surface area contributed by atoms with Gasteiger partial charge in [0, 0.05) is 32.3 Å². The number of fused-ring (bicyclic) bond motifs is 1. The zero-order valence-electron chi connectivity index (χ0n) is 18.5. The highest BCUT2D eigenvalue weighted by molar-refractivity contribution is 6.35. The summed E-state index contributed by atoms with van der Waals surface area (Å²) in [5.74, 6) is 0.135. The van der Waals surface area contributed by atoms with E-state index in [-0.39, 0.29) is 24.0 Å². The number of anilines is 2. The minimum Gasteiger partial charge on any atom is -0.444 e. The van der Waals surface area contributed by atoms with E-state index in [4.69, 9.17) is 16.3 Å². The summed E-state index contributed by atoms with van der Waals surface area (Å²) in [4.78, 5) is 36.3. The Morgan fingerprint density at radius 2 is 2.06 bits per heavy atom. The van der Waals surface area contributed by atoms with Gasteiger partial charge in [0.2, 0.25) is 5.91 Å². The SMILES string of the molecule is CN(C(=O)OC(C)(C)C)C1CCCN(c2c(Cl)cnc3[nH]cc(NC(=O)C4CC4)c23)C1. The second-order valence-electron chi connectivity index (χ2n) is 9.48. The maximum Gasteiger partial charge on any atom is 0.410 e. The minimum absolute atomic E-state index is 0.00803. The van der Waals surface area contributed by atoms with Gasteiger partial charge in [0.1, 0.15) is 11.2 Å². The lowest BCUT2D eigenvalue weighted by molar-refractivity contribution is -0.117. The molecule has 2 aromatic rings. The Labute approximate surface area is 187 Å². The number of piperidine rings is 1. The normalized spacial score (nSPS) is 19.4. The summed E-state index contributed by atoms with van der Waals surface area (Å²) in [5, 5.41) is 4.36. The molecule has 2 amide bonds. The molecule has 1 aliphatic carbocycles. The molecule has 2 fully saturated rings. The predicted molar refractivity (Wildman–Crippen MR) is 122 cm³/mol. The van der Waals surface area contributed by atoms with Crippen molar-refractivity contribution in [1.29, 1.82) is 0 Å². The largest absolute Gasteiger partial charge is 0.444 e. The third kappa shape index (κ3) is 4.74. The van der Waals surface area contributed by atoms with E-state index >= 15 is 0 Å². The highest BCUT2D eigenvalue weighted by atomic mass is 35.5. The second-order valence-corrected chi connectivity index (χ2v) is 9.88. The van der Waals surface area contributed by atoms with Crippen LogP contribution >= 0.6 is 11.6 Å². The Hall–Kier alpha value is -2.48. The fourth-order valence-corrected chi connectivity index (χ4v) is 4.26. The average Bonchev–Trinajstić information content (AvgIpc) is 3.49. The lowest BCUT2D eigenvalue weighted by atomic mass is 10.0. The molecule has 2 aliphatic rings. The lowest BCUT2D eigenvalue weighted by Crippen LogP contribution is -2.50. The zero-order chi connectivity index (χ0) is 22.3. The number of ether oxygens (including phenoxy) is 1. The lowest BCUT2D eigenvalue weighted by Gasteiger charge is -2.39. The van der Waals surface area contributed by atoms with Crippen LogP contribution in [-0.2, 0) is 9.53 Å². The number of likely N-dealkylation sites (N-methyl/N-ethyl adjacent to an activating group) is 1. The minimum atomic E-state index is -0.542. The van der Waals surface area contributed by atoms with Gasteiger partial charge in [-0.1, -0.05) is 11.6 Å². The number of aromatic amines is 1. The van der Waals surface area contributed by atoms with Gasteiger partial charge < -0.3 is 24.8 Å². The van der Waals surface area contributed by atoms with Crippen LogP contribution in [0, 0.1) is 5.92 Å². The molecule has 2 N–H and O–H groups in total. The molecule has 1 atom stereocenters. The number of carbonyl (C=O) groups is 2. The first kappa shape index (κ1) is 21.7. The number of amides is 2. The Morgan fingerprint density at radius 3 is 2.74 bits per heavy atom. The van der Waals surface area contributed by atoms with E-state index in [1.165, 1.54) is 0 Å². The predicted octanol–water partition coefficient (Wildman–Crippen LogP) is 4.40. The molecule has 2 aromatic heterocycles. The van der Waals surface area contributed by atoms with Crippen molar-refractivity contribution >= 4 is 46.0 Å². The Kier molecular flexibility index (Phi) is 5.77. The summed E-state index contributed by atoms with van der Waals surface area (Å²) < 4.78 is 5.55. The number of nitrogens with one attached hydrogen (secondary N) is 2. The van der Waals surface area contributed by atoms with Crippen LogP contribution in [0.2, 0.25) is 5.02 Å². The number of rotatable bonds is 4. The van der Waals surface area contributed by atoms with E-state index in [9.17, 15) is 9.59 Å². The summed E-state index contributed by atoms with van der Waals surface area (Å²) in [7, 11) is 1.78. The molecule has 1 aliphatic heterocycles. The summed E-state index contributed by atoms with van der Waals surface area (Å²) in [5.41, 5.74) is 1.66. The first-order valence-electron chi connectivity index (χ1n) is 10.8. The van der Waals surface area contributed by atoms with E-state index in [1.54, 1.807) is 24.3 Å². The van der Waals surface area contributed by atoms with Gasteiger partial charge in [-0.3, -0.25) is 4.79 Å². The molecule has 31 heavy (non-hydrogen) atoms. The summed E-state index contributed by atoms with van der Waals surface area (Å²) >= 11 is 6.62. The van der Waals surface area contributed by atoms with Gasteiger partial charge in [-0.05, 0) is 46.5 Å². The fraction of sp³-hybridized carbons (Fsp3) is 0.591. The van der Waals surface area contributed by atoms with Crippen LogP contribution in [0.3, 0.4) is 0 Å². The van der Waals surface area contributed by atoms with Gasteiger partial charge in [0.05, 0.1) is 34.0 Å². The van der Waals surface area contributed by atoms with Crippen molar-refractivity contribution in [1.82, 2.24) is 14.9 Å². The van der Waals surface area contributed by atoms with Crippen molar-refractivity contribution in [3.8, 4) is 0 Å². The Morgan fingerprint density at radius 1 is 1.32 bits per heavy atom. The molecule has 1 unspecified atom stereocenters. The highest BCUT2D eigenvalue weighted by Crippen LogP contribution is 2.40. The van der Waals surface area contributed by atoms with Gasteiger partial charge in [-0.25, -0.2) is 9.78 Å². The van der Waals surface area contributed by atoms with Crippen molar-refractivity contribution < 1.29 is 14.3 Å². The van der Waals surface area contributed by atoms with E-state index in [0.29, 0.717) is 22.9 Å². The quantitative estimate of drug-likeness (QED) is 0.724. The van der Waals surface area contributed by atoms with Crippen LogP contribution in [0.5, 0.6) is 0 Å². The molecule has 0 bridgehead atoms. The van der Waals surface area contributed by atoms with Gasteiger partial charge in [0.25, 0.3) is 0 Å². The molecule has 0 radical (unpaired) electrons. The van der Waals surface area contributed by atoms with Crippen LogP contribution in [0.15, 0.2) is 12.4 Å². The van der Waals surface area contributed by atoms with Crippen LogP contribution in [-0.4, -0.2) is 58.6 Å². The summed E-state index contributed by atoms with van der Waals surface area (Å²) in [6, 6.07) is -0.00803. The van der Waals surface area contributed by atoms with E-state index in [2.05, 4.69) is 20.2 Å².